The van der Waals surface area contributed by atoms with Crippen molar-refractivity contribution in [3.05, 3.63) is 47.4 Å². The number of aryl methyl sites for hydroxylation is 1. The summed E-state index contributed by atoms with van der Waals surface area (Å²) in [7, 11) is 1.36. The number of rotatable bonds is 4. The van der Waals surface area contributed by atoms with Crippen molar-refractivity contribution in [3.8, 4) is 0 Å². The van der Waals surface area contributed by atoms with Crippen LogP contribution in [0.2, 0.25) is 0 Å². The normalized spacial score (nSPS) is 18.8. The number of carbonyl (C=O) groups is 1. The number of furan rings is 1. The Morgan fingerprint density at radius 1 is 1.52 bits per heavy atom. The molecule has 1 atom stereocenters. The van der Waals surface area contributed by atoms with E-state index in [-0.39, 0.29) is 0 Å². The molecule has 1 aliphatic rings. The van der Waals surface area contributed by atoms with Crippen LogP contribution >= 0.6 is 0 Å². The van der Waals surface area contributed by atoms with Gasteiger partial charge in [0.05, 0.1) is 13.7 Å². The van der Waals surface area contributed by atoms with Crippen LogP contribution in [0.3, 0.4) is 0 Å². The zero-order valence-electron chi connectivity index (χ0n) is 13.5. The maximum Gasteiger partial charge on any atom is 0.374 e. The fourth-order valence-corrected chi connectivity index (χ4v) is 3.12. The number of hydrogen-bond acceptors (Lipinski definition) is 6. The van der Waals surface area contributed by atoms with E-state index in [1.54, 1.807) is 12.5 Å². The fraction of sp³-hybridized carbons (Fsp3) is 0.471. The van der Waals surface area contributed by atoms with Gasteiger partial charge in [-0.1, -0.05) is 0 Å². The minimum Gasteiger partial charge on any atom is -0.463 e. The van der Waals surface area contributed by atoms with Gasteiger partial charge < -0.3 is 9.15 Å². The SMILES string of the molecule is COC(=O)c1oc(CN2CCC[C@@H](c3ccncn3)C2)cc1C. The summed E-state index contributed by atoms with van der Waals surface area (Å²) in [5, 5.41) is 0. The van der Waals surface area contributed by atoms with E-state index in [0.29, 0.717) is 18.2 Å². The predicted octanol–water partition coefficient (Wildman–Crippen LogP) is 2.54. The van der Waals surface area contributed by atoms with Gasteiger partial charge in [0, 0.05) is 29.9 Å². The number of ether oxygens (including phenoxy) is 1. The molecule has 2 aromatic rings. The van der Waals surface area contributed by atoms with E-state index < -0.39 is 5.97 Å². The molecule has 0 radical (unpaired) electrons. The number of piperidine rings is 1. The minimum absolute atomic E-state index is 0.298. The summed E-state index contributed by atoms with van der Waals surface area (Å²) < 4.78 is 10.4. The van der Waals surface area contributed by atoms with Crippen molar-refractivity contribution in [3.63, 3.8) is 0 Å². The molecule has 1 fully saturated rings. The number of aromatic nitrogens is 2. The Morgan fingerprint density at radius 2 is 2.39 bits per heavy atom. The third-order valence-corrected chi connectivity index (χ3v) is 4.25. The lowest BCUT2D eigenvalue weighted by Gasteiger charge is -2.31. The second-order valence-electron chi connectivity index (χ2n) is 5.92. The van der Waals surface area contributed by atoms with Gasteiger partial charge in [0.2, 0.25) is 5.76 Å². The van der Waals surface area contributed by atoms with Crippen LogP contribution in [-0.2, 0) is 11.3 Å². The zero-order chi connectivity index (χ0) is 16.2. The van der Waals surface area contributed by atoms with Gasteiger partial charge in [-0.05, 0) is 38.4 Å². The molecule has 0 spiro atoms. The fourth-order valence-electron chi connectivity index (χ4n) is 3.12. The maximum atomic E-state index is 11.6. The topological polar surface area (TPSA) is 68.5 Å². The molecule has 122 valence electrons. The first-order chi connectivity index (χ1) is 11.2. The summed E-state index contributed by atoms with van der Waals surface area (Å²) >= 11 is 0. The Morgan fingerprint density at radius 3 is 3.13 bits per heavy atom. The lowest BCUT2D eigenvalue weighted by Crippen LogP contribution is -2.34. The van der Waals surface area contributed by atoms with Crippen LogP contribution in [0.15, 0.2) is 29.1 Å². The van der Waals surface area contributed by atoms with Crippen molar-refractivity contribution in [1.29, 1.82) is 0 Å². The standard InChI is InChI=1S/C17H21N3O3/c1-12-8-14(23-16(12)17(21)22-2)10-20-7-3-4-13(9-20)15-5-6-18-11-19-15/h5-6,8,11,13H,3-4,7,9-10H2,1-2H3/t13-/m1/s1. The Balaban J connectivity index is 1.67. The Bertz CT molecular complexity index is 669. The van der Waals surface area contributed by atoms with Crippen molar-refractivity contribution in [2.75, 3.05) is 20.2 Å². The highest BCUT2D eigenvalue weighted by Gasteiger charge is 2.24. The van der Waals surface area contributed by atoms with E-state index >= 15 is 0 Å². The van der Waals surface area contributed by atoms with Crippen molar-refractivity contribution in [2.45, 2.75) is 32.2 Å². The first-order valence-electron chi connectivity index (χ1n) is 7.83. The highest BCUT2D eigenvalue weighted by molar-refractivity contribution is 5.87. The molecule has 0 bridgehead atoms. The van der Waals surface area contributed by atoms with Crippen LogP contribution in [-0.4, -0.2) is 41.0 Å². The minimum atomic E-state index is -0.425. The van der Waals surface area contributed by atoms with Gasteiger partial charge in [-0.25, -0.2) is 14.8 Å². The first kappa shape index (κ1) is 15.7. The maximum absolute atomic E-state index is 11.6. The Hall–Kier alpha value is -2.21. The third kappa shape index (κ3) is 3.59. The summed E-state index contributed by atoms with van der Waals surface area (Å²) in [6, 6.07) is 3.90. The predicted molar refractivity (Wildman–Crippen MR) is 84.1 cm³/mol. The van der Waals surface area contributed by atoms with Crippen LogP contribution in [0, 0.1) is 6.92 Å². The van der Waals surface area contributed by atoms with Gasteiger partial charge in [0.25, 0.3) is 0 Å². The number of likely N-dealkylation sites (tertiary alicyclic amines) is 1. The van der Waals surface area contributed by atoms with E-state index in [9.17, 15) is 4.79 Å². The number of methoxy groups -OCH3 is 1. The molecule has 0 amide bonds. The molecular formula is C17H21N3O3. The summed E-state index contributed by atoms with van der Waals surface area (Å²) in [5.74, 6) is 1.09. The molecule has 0 unspecified atom stereocenters. The zero-order valence-corrected chi connectivity index (χ0v) is 13.5. The molecule has 0 N–H and O–H groups in total. The highest BCUT2D eigenvalue weighted by atomic mass is 16.5. The Labute approximate surface area is 135 Å². The monoisotopic (exact) mass is 315 g/mol. The largest absolute Gasteiger partial charge is 0.463 e. The van der Waals surface area contributed by atoms with Gasteiger partial charge in [-0.15, -0.1) is 0 Å². The molecule has 6 nitrogen and oxygen atoms in total. The van der Waals surface area contributed by atoms with Crippen molar-refractivity contribution in [2.24, 2.45) is 0 Å². The molecule has 23 heavy (non-hydrogen) atoms. The molecule has 3 rings (SSSR count). The van der Waals surface area contributed by atoms with Gasteiger partial charge in [0.1, 0.15) is 12.1 Å². The summed E-state index contributed by atoms with van der Waals surface area (Å²) in [5.41, 5.74) is 1.91. The average Bonchev–Trinajstić information content (AvgIpc) is 2.95. The molecule has 0 aliphatic carbocycles. The van der Waals surface area contributed by atoms with Crippen LogP contribution in [0.5, 0.6) is 0 Å². The molecular weight excluding hydrogens is 294 g/mol. The second kappa shape index (κ2) is 6.91. The Kier molecular flexibility index (Phi) is 4.71. The summed E-state index contributed by atoms with van der Waals surface area (Å²) in [6.45, 7) is 4.51. The molecule has 0 aromatic carbocycles. The number of esters is 1. The van der Waals surface area contributed by atoms with Crippen LogP contribution in [0.4, 0.5) is 0 Å². The van der Waals surface area contributed by atoms with Gasteiger partial charge in [0.15, 0.2) is 0 Å². The van der Waals surface area contributed by atoms with E-state index in [1.807, 2.05) is 19.1 Å². The van der Waals surface area contributed by atoms with Gasteiger partial charge in [-0.3, -0.25) is 4.90 Å². The number of hydrogen-bond donors (Lipinski definition) is 0. The molecule has 6 heteroatoms. The van der Waals surface area contributed by atoms with Crippen molar-refractivity contribution in [1.82, 2.24) is 14.9 Å². The van der Waals surface area contributed by atoms with Gasteiger partial charge >= 0.3 is 5.97 Å². The van der Waals surface area contributed by atoms with E-state index in [0.717, 1.165) is 42.9 Å². The molecule has 2 aromatic heterocycles. The van der Waals surface area contributed by atoms with E-state index in [1.165, 1.54) is 7.11 Å². The van der Waals surface area contributed by atoms with Crippen LogP contribution in [0.1, 0.15) is 46.3 Å². The highest BCUT2D eigenvalue weighted by Crippen LogP contribution is 2.27. The van der Waals surface area contributed by atoms with E-state index in [4.69, 9.17) is 9.15 Å². The van der Waals surface area contributed by atoms with Crippen molar-refractivity contribution < 1.29 is 13.9 Å². The molecule has 3 heterocycles. The lowest BCUT2D eigenvalue weighted by atomic mass is 9.94. The second-order valence-corrected chi connectivity index (χ2v) is 5.92. The van der Waals surface area contributed by atoms with E-state index in [2.05, 4.69) is 14.9 Å². The average molecular weight is 315 g/mol. The van der Waals surface area contributed by atoms with Crippen molar-refractivity contribution >= 4 is 5.97 Å². The number of carbonyl (C=O) groups excluding carboxylic acids is 1. The third-order valence-electron chi connectivity index (χ3n) is 4.25. The molecule has 1 saturated heterocycles. The lowest BCUT2D eigenvalue weighted by molar-refractivity contribution is 0.0559. The van der Waals surface area contributed by atoms with Crippen LogP contribution < -0.4 is 0 Å². The van der Waals surface area contributed by atoms with Gasteiger partial charge in [-0.2, -0.15) is 0 Å². The quantitative estimate of drug-likeness (QED) is 0.808. The molecule has 1 aliphatic heterocycles. The number of nitrogens with zero attached hydrogens (tertiary/aromatic N) is 3. The summed E-state index contributed by atoms with van der Waals surface area (Å²) in [6.07, 6.45) is 5.66. The smallest absolute Gasteiger partial charge is 0.374 e. The molecule has 0 saturated carbocycles. The van der Waals surface area contributed by atoms with Crippen LogP contribution in [0.25, 0.3) is 0 Å². The first-order valence-corrected chi connectivity index (χ1v) is 7.83. The summed E-state index contributed by atoms with van der Waals surface area (Å²) in [4.78, 5) is 22.3.